The third kappa shape index (κ3) is 1.27. The van der Waals surface area contributed by atoms with E-state index in [0.717, 1.165) is 10.9 Å². The van der Waals surface area contributed by atoms with Gasteiger partial charge >= 0.3 is 0 Å². The summed E-state index contributed by atoms with van der Waals surface area (Å²) in [6.07, 6.45) is 1.72. The molecular formula is C10H7FN4S. The van der Waals surface area contributed by atoms with Gasteiger partial charge in [-0.2, -0.15) is 9.36 Å². The van der Waals surface area contributed by atoms with Gasteiger partial charge in [-0.1, -0.05) is 12.1 Å². The third-order valence-electron chi connectivity index (χ3n) is 2.34. The van der Waals surface area contributed by atoms with Gasteiger partial charge in [-0.05, 0) is 17.6 Å². The first kappa shape index (κ1) is 9.29. The molecule has 0 saturated carbocycles. The van der Waals surface area contributed by atoms with Crippen molar-refractivity contribution in [2.24, 2.45) is 0 Å². The second-order valence-corrected chi connectivity index (χ2v) is 4.07. The average Bonchev–Trinajstić information content (AvgIpc) is 2.84. The molecule has 3 N–H and O–H groups in total. The Morgan fingerprint density at radius 2 is 2.25 bits per heavy atom. The summed E-state index contributed by atoms with van der Waals surface area (Å²) in [6, 6.07) is 4.91. The first-order valence-electron chi connectivity index (χ1n) is 4.61. The van der Waals surface area contributed by atoms with Crippen molar-refractivity contribution in [3.8, 4) is 10.6 Å². The highest BCUT2D eigenvalue weighted by atomic mass is 32.1. The molecule has 0 aliphatic rings. The Bertz CT molecular complexity index is 658. The van der Waals surface area contributed by atoms with E-state index in [9.17, 15) is 4.39 Å². The number of aromatic nitrogens is 3. The Morgan fingerprint density at radius 3 is 3.00 bits per heavy atom. The molecule has 6 heteroatoms. The summed E-state index contributed by atoms with van der Waals surface area (Å²) in [5, 5.41) is 1.48. The number of hydrogen-bond donors (Lipinski definition) is 2. The molecule has 16 heavy (non-hydrogen) atoms. The summed E-state index contributed by atoms with van der Waals surface area (Å²) in [6.45, 7) is 0. The van der Waals surface area contributed by atoms with Crippen LogP contribution in [0.5, 0.6) is 0 Å². The fourth-order valence-electron chi connectivity index (χ4n) is 1.64. The van der Waals surface area contributed by atoms with Gasteiger partial charge in [-0.25, -0.2) is 4.39 Å². The molecule has 4 nitrogen and oxygen atoms in total. The normalized spacial score (nSPS) is 11.1. The SMILES string of the molecule is Nc1nsc(-c2c[nH]c3c(F)cccc23)n1. The molecule has 80 valence electrons. The molecule has 0 saturated heterocycles. The number of H-pyrrole nitrogens is 1. The number of nitrogens with two attached hydrogens (primary N) is 1. The average molecular weight is 234 g/mol. The van der Waals surface area contributed by atoms with Gasteiger partial charge in [0.1, 0.15) is 10.8 Å². The molecule has 0 fully saturated rings. The number of nitrogens with one attached hydrogen (secondary N) is 1. The number of fused-ring (bicyclic) bond motifs is 1. The molecule has 0 unspecified atom stereocenters. The van der Waals surface area contributed by atoms with Crippen LogP contribution in [0.3, 0.4) is 0 Å². The van der Waals surface area contributed by atoms with Gasteiger partial charge in [0, 0.05) is 17.1 Å². The highest BCUT2D eigenvalue weighted by molar-refractivity contribution is 7.09. The van der Waals surface area contributed by atoms with Crippen LogP contribution in [0, 0.1) is 5.82 Å². The van der Waals surface area contributed by atoms with E-state index in [1.54, 1.807) is 12.3 Å². The van der Waals surface area contributed by atoms with Crippen LogP contribution in [0.2, 0.25) is 0 Å². The first-order valence-corrected chi connectivity index (χ1v) is 5.38. The number of halogens is 1. The molecule has 0 aliphatic heterocycles. The van der Waals surface area contributed by atoms with Gasteiger partial charge in [0.2, 0.25) is 5.95 Å². The molecule has 1 aromatic carbocycles. The molecule has 0 bridgehead atoms. The van der Waals surface area contributed by atoms with Crippen LogP contribution in [-0.2, 0) is 0 Å². The van der Waals surface area contributed by atoms with Crippen LogP contribution in [-0.4, -0.2) is 14.3 Å². The number of benzene rings is 1. The van der Waals surface area contributed by atoms with E-state index >= 15 is 0 Å². The minimum atomic E-state index is -0.277. The van der Waals surface area contributed by atoms with Crippen molar-refractivity contribution in [2.45, 2.75) is 0 Å². The zero-order valence-electron chi connectivity index (χ0n) is 8.07. The predicted octanol–water partition coefficient (Wildman–Crippen LogP) is 2.41. The van der Waals surface area contributed by atoms with Crippen LogP contribution in [0.15, 0.2) is 24.4 Å². The molecule has 0 atom stereocenters. The van der Waals surface area contributed by atoms with Crippen molar-refractivity contribution in [2.75, 3.05) is 5.73 Å². The van der Waals surface area contributed by atoms with Gasteiger partial charge in [0.25, 0.3) is 0 Å². The highest BCUT2D eigenvalue weighted by Crippen LogP contribution is 2.30. The number of anilines is 1. The second-order valence-electron chi connectivity index (χ2n) is 3.32. The van der Waals surface area contributed by atoms with Crippen molar-refractivity contribution < 1.29 is 4.39 Å². The van der Waals surface area contributed by atoms with Crippen molar-refractivity contribution >= 4 is 28.4 Å². The summed E-state index contributed by atoms with van der Waals surface area (Å²) < 4.78 is 17.3. The molecule has 2 aromatic heterocycles. The van der Waals surface area contributed by atoms with Gasteiger partial charge in [0.15, 0.2) is 0 Å². The van der Waals surface area contributed by atoms with Gasteiger partial charge in [0.05, 0.1) is 5.52 Å². The molecule has 0 spiro atoms. The maximum atomic E-state index is 13.4. The van der Waals surface area contributed by atoms with E-state index in [2.05, 4.69) is 14.3 Å². The molecule has 0 radical (unpaired) electrons. The second kappa shape index (κ2) is 3.28. The Morgan fingerprint density at radius 1 is 1.38 bits per heavy atom. The number of aromatic amines is 1. The Balaban J connectivity index is 2.29. The predicted molar refractivity (Wildman–Crippen MR) is 61.6 cm³/mol. The van der Waals surface area contributed by atoms with Crippen LogP contribution in [0.25, 0.3) is 21.5 Å². The molecule has 2 heterocycles. The fraction of sp³-hybridized carbons (Fsp3) is 0. The van der Waals surface area contributed by atoms with Crippen molar-refractivity contribution in [1.29, 1.82) is 0 Å². The maximum absolute atomic E-state index is 13.4. The highest BCUT2D eigenvalue weighted by Gasteiger charge is 2.12. The molecule has 0 amide bonds. The lowest BCUT2D eigenvalue weighted by molar-refractivity contribution is 0.637. The smallest absolute Gasteiger partial charge is 0.232 e. The third-order valence-corrected chi connectivity index (χ3v) is 3.10. The molecule has 0 aliphatic carbocycles. The summed E-state index contributed by atoms with van der Waals surface area (Å²) in [5.41, 5.74) is 6.76. The summed E-state index contributed by atoms with van der Waals surface area (Å²) >= 11 is 1.20. The topological polar surface area (TPSA) is 67.6 Å². The van der Waals surface area contributed by atoms with E-state index < -0.39 is 0 Å². The van der Waals surface area contributed by atoms with Crippen LogP contribution in [0.4, 0.5) is 10.3 Å². The lowest BCUT2D eigenvalue weighted by Crippen LogP contribution is -1.85. The number of nitrogen functional groups attached to an aromatic ring is 1. The number of nitrogens with zero attached hydrogens (tertiary/aromatic N) is 2. The minimum absolute atomic E-state index is 0.241. The van der Waals surface area contributed by atoms with Gasteiger partial charge in [-0.15, -0.1) is 0 Å². The van der Waals surface area contributed by atoms with Gasteiger partial charge in [-0.3, -0.25) is 0 Å². The van der Waals surface area contributed by atoms with Crippen LogP contribution in [0.1, 0.15) is 0 Å². The van der Waals surface area contributed by atoms with E-state index in [1.165, 1.54) is 17.6 Å². The number of rotatable bonds is 1. The van der Waals surface area contributed by atoms with E-state index in [0.29, 0.717) is 10.5 Å². The standard InChI is InChI=1S/C10H7FN4S/c11-7-3-1-2-5-6(4-13-8(5)7)9-14-10(12)15-16-9/h1-4,13H,(H2,12,15). The van der Waals surface area contributed by atoms with E-state index in [-0.39, 0.29) is 11.8 Å². The summed E-state index contributed by atoms with van der Waals surface area (Å²) in [7, 11) is 0. The van der Waals surface area contributed by atoms with Gasteiger partial charge < -0.3 is 10.7 Å². The Kier molecular flexibility index (Phi) is 1.90. The maximum Gasteiger partial charge on any atom is 0.232 e. The lowest BCUT2D eigenvalue weighted by atomic mass is 10.2. The first-order chi connectivity index (χ1) is 7.75. The molecular weight excluding hydrogens is 227 g/mol. The Labute approximate surface area is 94.1 Å². The van der Waals surface area contributed by atoms with Crippen molar-refractivity contribution in [3.63, 3.8) is 0 Å². The van der Waals surface area contributed by atoms with Crippen molar-refractivity contribution in [3.05, 3.63) is 30.2 Å². The fourth-order valence-corrected chi connectivity index (χ4v) is 2.26. The Hall–Kier alpha value is -1.95. The quantitative estimate of drug-likeness (QED) is 0.679. The summed E-state index contributed by atoms with van der Waals surface area (Å²) in [4.78, 5) is 6.96. The minimum Gasteiger partial charge on any atom is -0.367 e. The van der Waals surface area contributed by atoms with Crippen LogP contribution >= 0.6 is 11.5 Å². The van der Waals surface area contributed by atoms with E-state index in [4.69, 9.17) is 5.73 Å². The zero-order valence-corrected chi connectivity index (χ0v) is 8.88. The van der Waals surface area contributed by atoms with E-state index in [1.807, 2.05) is 6.07 Å². The largest absolute Gasteiger partial charge is 0.367 e. The molecule has 3 rings (SSSR count). The monoisotopic (exact) mass is 234 g/mol. The number of hydrogen-bond acceptors (Lipinski definition) is 4. The van der Waals surface area contributed by atoms with Crippen LogP contribution < -0.4 is 5.73 Å². The zero-order chi connectivity index (χ0) is 11.1. The molecule has 3 aromatic rings. The van der Waals surface area contributed by atoms with Crippen molar-refractivity contribution in [1.82, 2.24) is 14.3 Å². The number of para-hydroxylation sites is 1. The lowest BCUT2D eigenvalue weighted by Gasteiger charge is -1.93. The summed E-state index contributed by atoms with van der Waals surface area (Å²) in [5.74, 6) is -0.0352.